The summed E-state index contributed by atoms with van der Waals surface area (Å²) in [5.74, 6) is -0.105. The summed E-state index contributed by atoms with van der Waals surface area (Å²) in [7, 11) is 0. The average Bonchev–Trinajstić information content (AvgIpc) is 2.51. The molecule has 118 valence electrons. The number of hydrogen-bond acceptors (Lipinski definition) is 3. The van der Waals surface area contributed by atoms with Crippen molar-refractivity contribution in [3.8, 4) is 11.5 Å². The van der Waals surface area contributed by atoms with E-state index in [0.717, 1.165) is 31.5 Å². The van der Waals surface area contributed by atoms with Gasteiger partial charge in [-0.1, -0.05) is 36.4 Å². The second-order valence-electron chi connectivity index (χ2n) is 5.94. The quantitative estimate of drug-likeness (QED) is 0.768. The standard InChI is InChI=1S/C19H25NO2/c1-15(2)20(12-10-16-6-4-3-5-7-16)13-11-17-8-9-18(21)19(22)14-17/h3-9,14-15,21-22H,10-13H2,1-2H3. The number of phenols is 2. The Bertz CT molecular complexity index is 581. The Morgan fingerprint density at radius 1 is 0.818 bits per heavy atom. The Kier molecular flexibility index (Phi) is 5.84. The lowest BCUT2D eigenvalue weighted by Crippen LogP contribution is -2.34. The third-order valence-electron chi connectivity index (χ3n) is 3.99. The van der Waals surface area contributed by atoms with Crippen molar-refractivity contribution in [2.75, 3.05) is 13.1 Å². The molecule has 0 saturated carbocycles. The molecule has 0 saturated heterocycles. The molecule has 0 aliphatic rings. The van der Waals surface area contributed by atoms with Crippen LogP contribution in [0.3, 0.4) is 0 Å². The lowest BCUT2D eigenvalue weighted by atomic mass is 10.1. The Labute approximate surface area is 132 Å². The summed E-state index contributed by atoms with van der Waals surface area (Å²) >= 11 is 0. The van der Waals surface area contributed by atoms with Gasteiger partial charge in [0, 0.05) is 19.1 Å². The summed E-state index contributed by atoms with van der Waals surface area (Å²) in [6.45, 7) is 6.37. The summed E-state index contributed by atoms with van der Waals surface area (Å²) in [6.07, 6.45) is 1.90. The largest absolute Gasteiger partial charge is 0.504 e. The molecule has 0 aliphatic heterocycles. The van der Waals surface area contributed by atoms with Gasteiger partial charge in [-0.25, -0.2) is 0 Å². The molecule has 0 fully saturated rings. The smallest absolute Gasteiger partial charge is 0.157 e. The zero-order valence-corrected chi connectivity index (χ0v) is 13.4. The maximum Gasteiger partial charge on any atom is 0.157 e. The van der Waals surface area contributed by atoms with Gasteiger partial charge < -0.3 is 15.1 Å². The van der Waals surface area contributed by atoms with Crippen molar-refractivity contribution < 1.29 is 10.2 Å². The average molecular weight is 299 g/mol. The molecule has 2 aromatic carbocycles. The first kappa shape index (κ1) is 16.4. The molecule has 0 heterocycles. The molecule has 0 radical (unpaired) electrons. The SMILES string of the molecule is CC(C)N(CCc1ccccc1)CCc1ccc(O)c(O)c1. The molecular weight excluding hydrogens is 274 g/mol. The minimum atomic E-state index is -0.0615. The van der Waals surface area contributed by atoms with E-state index >= 15 is 0 Å². The number of rotatable bonds is 7. The second-order valence-corrected chi connectivity index (χ2v) is 5.94. The van der Waals surface area contributed by atoms with Gasteiger partial charge in [-0.3, -0.25) is 0 Å². The van der Waals surface area contributed by atoms with Crippen molar-refractivity contribution in [1.29, 1.82) is 0 Å². The molecule has 22 heavy (non-hydrogen) atoms. The van der Waals surface area contributed by atoms with Crippen LogP contribution in [0.25, 0.3) is 0 Å². The van der Waals surface area contributed by atoms with E-state index in [1.807, 2.05) is 12.1 Å². The molecule has 0 unspecified atom stereocenters. The predicted molar refractivity (Wildman–Crippen MR) is 90.3 cm³/mol. The van der Waals surface area contributed by atoms with E-state index in [1.54, 1.807) is 12.1 Å². The van der Waals surface area contributed by atoms with E-state index in [4.69, 9.17) is 0 Å². The fourth-order valence-electron chi connectivity index (χ4n) is 2.54. The maximum atomic E-state index is 9.56. The van der Waals surface area contributed by atoms with Crippen LogP contribution in [0, 0.1) is 0 Å². The fraction of sp³-hybridized carbons (Fsp3) is 0.368. The molecule has 2 rings (SSSR count). The molecule has 0 aromatic heterocycles. The van der Waals surface area contributed by atoms with Crippen molar-refractivity contribution >= 4 is 0 Å². The molecule has 2 aromatic rings. The normalized spacial score (nSPS) is 11.3. The Balaban J connectivity index is 1.90. The lowest BCUT2D eigenvalue weighted by molar-refractivity contribution is 0.227. The number of benzene rings is 2. The summed E-state index contributed by atoms with van der Waals surface area (Å²) in [5, 5.41) is 18.9. The van der Waals surface area contributed by atoms with Crippen LogP contribution in [0.4, 0.5) is 0 Å². The molecule has 0 aliphatic carbocycles. The van der Waals surface area contributed by atoms with Crippen LogP contribution in [0.1, 0.15) is 25.0 Å². The highest BCUT2D eigenvalue weighted by Gasteiger charge is 2.10. The first-order valence-corrected chi connectivity index (χ1v) is 7.85. The van der Waals surface area contributed by atoms with E-state index < -0.39 is 0 Å². The zero-order valence-electron chi connectivity index (χ0n) is 13.4. The highest BCUT2D eigenvalue weighted by atomic mass is 16.3. The van der Waals surface area contributed by atoms with Gasteiger partial charge in [0.15, 0.2) is 11.5 Å². The highest BCUT2D eigenvalue weighted by Crippen LogP contribution is 2.25. The fourth-order valence-corrected chi connectivity index (χ4v) is 2.54. The summed E-state index contributed by atoms with van der Waals surface area (Å²) in [6, 6.07) is 16.1. The first-order chi connectivity index (χ1) is 10.6. The monoisotopic (exact) mass is 299 g/mol. The second kappa shape index (κ2) is 7.85. The molecule has 3 nitrogen and oxygen atoms in total. The van der Waals surface area contributed by atoms with Crippen LogP contribution >= 0.6 is 0 Å². The van der Waals surface area contributed by atoms with Crippen molar-refractivity contribution in [3.05, 3.63) is 59.7 Å². The number of nitrogens with zero attached hydrogens (tertiary/aromatic N) is 1. The van der Waals surface area contributed by atoms with Gasteiger partial charge in [0.1, 0.15) is 0 Å². The third-order valence-corrected chi connectivity index (χ3v) is 3.99. The van der Waals surface area contributed by atoms with Crippen LogP contribution in [-0.2, 0) is 12.8 Å². The van der Waals surface area contributed by atoms with Crippen LogP contribution < -0.4 is 0 Å². The number of aromatic hydroxyl groups is 2. The molecule has 0 amide bonds. The summed E-state index contributed by atoms with van der Waals surface area (Å²) in [4.78, 5) is 2.44. The number of hydrogen-bond donors (Lipinski definition) is 2. The Morgan fingerprint density at radius 3 is 2.05 bits per heavy atom. The maximum absolute atomic E-state index is 9.56. The van der Waals surface area contributed by atoms with Crippen molar-refractivity contribution in [1.82, 2.24) is 4.90 Å². The van der Waals surface area contributed by atoms with Crippen molar-refractivity contribution in [2.45, 2.75) is 32.7 Å². The number of phenolic OH excluding ortho intramolecular Hbond substituents is 2. The van der Waals surface area contributed by atoms with Gasteiger partial charge in [-0.2, -0.15) is 0 Å². The van der Waals surface area contributed by atoms with Gasteiger partial charge in [0.05, 0.1) is 0 Å². The topological polar surface area (TPSA) is 43.7 Å². The van der Waals surface area contributed by atoms with E-state index in [0.29, 0.717) is 6.04 Å². The predicted octanol–water partition coefficient (Wildman–Crippen LogP) is 3.59. The molecule has 2 N–H and O–H groups in total. The lowest BCUT2D eigenvalue weighted by Gasteiger charge is -2.26. The van der Waals surface area contributed by atoms with E-state index in [1.165, 1.54) is 5.56 Å². The Hall–Kier alpha value is -2.00. The van der Waals surface area contributed by atoms with Crippen LogP contribution in [0.5, 0.6) is 11.5 Å². The minimum Gasteiger partial charge on any atom is -0.504 e. The van der Waals surface area contributed by atoms with Gasteiger partial charge in [0.2, 0.25) is 0 Å². The van der Waals surface area contributed by atoms with E-state index in [2.05, 4.69) is 43.0 Å². The van der Waals surface area contributed by atoms with Crippen LogP contribution in [0.15, 0.2) is 48.5 Å². The van der Waals surface area contributed by atoms with E-state index in [9.17, 15) is 10.2 Å². The van der Waals surface area contributed by atoms with Gasteiger partial charge in [-0.15, -0.1) is 0 Å². The van der Waals surface area contributed by atoms with Crippen LogP contribution in [0.2, 0.25) is 0 Å². The van der Waals surface area contributed by atoms with Crippen LogP contribution in [-0.4, -0.2) is 34.2 Å². The van der Waals surface area contributed by atoms with E-state index in [-0.39, 0.29) is 11.5 Å². The third kappa shape index (κ3) is 4.78. The molecular formula is C19H25NO2. The zero-order chi connectivity index (χ0) is 15.9. The minimum absolute atomic E-state index is 0.0436. The van der Waals surface area contributed by atoms with Crippen molar-refractivity contribution in [3.63, 3.8) is 0 Å². The highest BCUT2D eigenvalue weighted by molar-refractivity contribution is 5.40. The molecule has 0 bridgehead atoms. The summed E-state index contributed by atoms with van der Waals surface area (Å²) < 4.78 is 0. The first-order valence-electron chi connectivity index (χ1n) is 7.85. The van der Waals surface area contributed by atoms with Gasteiger partial charge >= 0.3 is 0 Å². The molecule has 0 atom stereocenters. The van der Waals surface area contributed by atoms with Crippen molar-refractivity contribution in [2.24, 2.45) is 0 Å². The molecule has 0 spiro atoms. The van der Waals surface area contributed by atoms with Gasteiger partial charge in [-0.05, 0) is 49.9 Å². The Morgan fingerprint density at radius 2 is 1.45 bits per heavy atom. The summed E-state index contributed by atoms with van der Waals surface area (Å²) in [5.41, 5.74) is 2.40. The van der Waals surface area contributed by atoms with Gasteiger partial charge in [0.25, 0.3) is 0 Å². The molecule has 3 heteroatoms.